The number of aliphatic hydroxyl groups excluding tert-OH is 2. The van der Waals surface area contributed by atoms with Crippen molar-refractivity contribution >= 4 is 11.9 Å². The molecule has 0 aromatic carbocycles. The molecule has 0 aromatic rings. The van der Waals surface area contributed by atoms with Crippen LogP contribution in [0.2, 0.25) is 0 Å². The van der Waals surface area contributed by atoms with Crippen LogP contribution in [0.1, 0.15) is 290 Å². The van der Waals surface area contributed by atoms with Crippen LogP contribution in [0.5, 0.6) is 0 Å². The molecule has 0 aliphatic heterocycles. The summed E-state index contributed by atoms with van der Waals surface area (Å²) in [4.78, 5) is 24.4. The number of carbonyl (C=O) groups excluding carboxylic acids is 2. The van der Waals surface area contributed by atoms with E-state index in [1.54, 1.807) is 0 Å². The zero-order chi connectivity index (χ0) is 44.4. The molecule has 0 rings (SSSR count). The summed E-state index contributed by atoms with van der Waals surface area (Å²) in [6.07, 6.45) is 60.2. The van der Waals surface area contributed by atoms with Crippen molar-refractivity contribution < 1.29 is 24.5 Å². The topological polar surface area (TPSA) is 95.9 Å². The lowest BCUT2D eigenvalue weighted by Crippen LogP contribution is -2.45. The third kappa shape index (κ3) is 47.7. The molecule has 2 unspecified atom stereocenters. The molecule has 0 aromatic heterocycles. The van der Waals surface area contributed by atoms with Gasteiger partial charge in [0.05, 0.1) is 25.4 Å². The smallest absolute Gasteiger partial charge is 0.305 e. The lowest BCUT2D eigenvalue weighted by atomic mass is 10.0. The fraction of sp³-hybridized carbons (Fsp3) is 0.891. The van der Waals surface area contributed by atoms with Crippen LogP contribution in [0.3, 0.4) is 0 Å². The first-order valence-electron chi connectivity index (χ1n) is 27.1. The van der Waals surface area contributed by atoms with Gasteiger partial charge in [-0.25, -0.2) is 0 Å². The Kier molecular flexibility index (Phi) is 49.6. The van der Waals surface area contributed by atoms with Crippen LogP contribution < -0.4 is 5.32 Å². The van der Waals surface area contributed by atoms with Gasteiger partial charge < -0.3 is 20.3 Å². The summed E-state index contributed by atoms with van der Waals surface area (Å²) < 4.78 is 5.47. The first kappa shape index (κ1) is 59.3. The minimum absolute atomic E-state index is 0.00424. The number of rotatable bonds is 50. The highest BCUT2D eigenvalue weighted by molar-refractivity contribution is 5.76. The van der Waals surface area contributed by atoms with Crippen molar-refractivity contribution in [1.82, 2.24) is 5.32 Å². The fourth-order valence-electron chi connectivity index (χ4n) is 8.28. The van der Waals surface area contributed by atoms with E-state index in [0.717, 1.165) is 44.9 Å². The van der Waals surface area contributed by atoms with Crippen molar-refractivity contribution in [2.75, 3.05) is 13.2 Å². The molecule has 0 bridgehead atoms. The Morgan fingerprint density at radius 2 is 0.770 bits per heavy atom. The molecule has 3 N–H and O–H groups in total. The molecule has 0 fully saturated rings. The molecular formula is C55H105NO5. The van der Waals surface area contributed by atoms with E-state index < -0.39 is 12.1 Å². The average Bonchev–Trinajstić information content (AvgIpc) is 3.26. The van der Waals surface area contributed by atoms with Crippen molar-refractivity contribution in [1.29, 1.82) is 0 Å². The maximum Gasteiger partial charge on any atom is 0.305 e. The number of aliphatic hydroxyl groups is 2. The molecule has 1 amide bonds. The van der Waals surface area contributed by atoms with E-state index in [1.165, 1.54) is 212 Å². The number of unbranched alkanes of at least 4 members (excludes halogenated alkanes) is 35. The Morgan fingerprint density at radius 1 is 0.443 bits per heavy atom. The molecule has 61 heavy (non-hydrogen) atoms. The van der Waals surface area contributed by atoms with E-state index in [9.17, 15) is 19.8 Å². The van der Waals surface area contributed by atoms with Gasteiger partial charge in [-0.3, -0.25) is 9.59 Å². The molecular weight excluding hydrogens is 755 g/mol. The maximum atomic E-state index is 12.4. The van der Waals surface area contributed by atoms with E-state index in [2.05, 4.69) is 43.5 Å². The van der Waals surface area contributed by atoms with Crippen LogP contribution >= 0.6 is 0 Å². The summed E-state index contributed by atoms with van der Waals surface area (Å²) >= 11 is 0. The first-order chi connectivity index (χ1) is 30.0. The summed E-state index contributed by atoms with van der Waals surface area (Å²) in [6.45, 7) is 4.92. The lowest BCUT2D eigenvalue weighted by Gasteiger charge is -2.22. The minimum Gasteiger partial charge on any atom is -0.466 e. The van der Waals surface area contributed by atoms with Crippen LogP contribution in [0, 0.1) is 0 Å². The van der Waals surface area contributed by atoms with Gasteiger partial charge in [-0.05, 0) is 77.0 Å². The number of esters is 1. The third-order valence-electron chi connectivity index (χ3n) is 12.5. The molecule has 0 spiro atoms. The van der Waals surface area contributed by atoms with Gasteiger partial charge in [0.25, 0.3) is 0 Å². The molecule has 2 atom stereocenters. The van der Waals surface area contributed by atoms with E-state index in [0.29, 0.717) is 25.9 Å². The predicted octanol–water partition coefficient (Wildman–Crippen LogP) is 16.3. The summed E-state index contributed by atoms with van der Waals surface area (Å²) in [5.41, 5.74) is 0. The van der Waals surface area contributed by atoms with Crippen molar-refractivity contribution in [2.45, 2.75) is 302 Å². The Labute approximate surface area is 380 Å². The zero-order valence-corrected chi connectivity index (χ0v) is 40.9. The molecule has 0 radical (unpaired) electrons. The molecule has 0 saturated carbocycles. The van der Waals surface area contributed by atoms with Crippen molar-refractivity contribution in [2.24, 2.45) is 0 Å². The van der Waals surface area contributed by atoms with E-state index in [4.69, 9.17) is 4.74 Å². The first-order valence-corrected chi connectivity index (χ1v) is 27.1. The summed E-state index contributed by atoms with van der Waals surface area (Å²) in [7, 11) is 0. The van der Waals surface area contributed by atoms with Crippen molar-refractivity contribution in [3.8, 4) is 0 Å². The van der Waals surface area contributed by atoms with Crippen LogP contribution in [0.4, 0.5) is 0 Å². The lowest BCUT2D eigenvalue weighted by molar-refractivity contribution is -0.143. The minimum atomic E-state index is -0.668. The predicted molar refractivity (Wildman–Crippen MR) is 264 cm³/mol. The van der Waals surface area contributed by atoms with E-state index >= 15 is 0 Å². The Balaban J connectivity index is 3.42. The average molecular weight is 860 g/mol. The second-order valence-corrected chi connectivity index (χ2v) is 18.6. The normalized spacial score (nSPS) is 12.8. The van der Waals surface area contributed by atoms with Gasteiger partial charge in [0.2, 0.25) is 5.91 Å². The third-order valence-corrected chi connectivity index (χ3v) is 12.5. The summed E-state index contributed by atoms with van der Waals surface area (Å²) in [6, 6.07) is -0.546. The van der Waals surface area contributed by atoms with Gasteiger partial charge >= 0.3 is 5.97 Å². The van der Waals surface area contributed by atoms with Gasteiger partial charge in [0.15, 0.2) is 0 Å². The number of hydrogen-bond acceptors (Lipinski definition) is 5. The standard InChI is InChI=1S/C55H105NO5/c1-3-5-7-9-11-13-15-16-22-26-29-33-37-41-45-49-55(60)61-50-46-42-38-34-30-27-24-21-19-17-18-20-23-25-28-32-36-40-44-48-54(59)56-52(51-57)53(58)47-43-39-35-31-14-12-10-8-6-4-2/h16-18,22,52-53,57-58H,3-15,19-21,23-51H2,1-2H3,(H,56,59)/b18-17-,22-16-. The highest BCUT2D eigenvalue weighted by Gasteiger charge is 2.20. The highest BCUT2D eigenvalue weighted by atomic mass is 16.5. The molecule has 6 heteroatoms. The van der Waals surface area contributed by atoms with Crippen LogP contribution in [0.15, 0.2) is 24.3 Å². The Hall–Kier alpha value is -1.66. The number of carbonyl (C=O) groups is 2. The van der Waals surface area contributed by atoms with Gasteiger partial charge in [-0.1, -0.05) is 224 Å². The van der Waals surface area contributed by atoms with Crippen molar-refractivity contribution in [3.63, 3.8) is 0 Å². The summed E-state index contributed by atoms with van der Waals surface area (Å²) in [5.74, 6) is -0.0508. The van der Waals surface area contributed by atoms with E-state index in [-0.39, 0.29) is 18.5 Å². The molecule has 0 aliphatic rings. The molecule has 360 valence electrons. The highest BCUT2D eigenvalue weighted by Crippen LogP contribution is 2.16. The second kappa shape index (κ2) is 51.0. The van der Waals surface area contributed by atoms with Gasteiger partial charge in [0, 0.05) is 12.8 Å². The molecule has 0 saturated heterocycles. The van der Waals surface area contributed by atoms with Crippen molar-refractivity contribution in [3.05, 3.63) is 24.3 Å². The number of amides is 1. The number of allylic oxidation sites excluding steroid dienone is 4. The molecule has 0 heterocycles. The molecule has 6 nitrogen and oxygen atoms in total. The van der Waals surface area contributed by atoms with Gasteiger partial charge in [-0.2, -0.15) is 0 Å². The quantitative estimate of drug-likeness (QED) is 0.0322. The summed E-state index contributed by atoms with van der Waals surface area (Å²) in [5, 5.41) is 23.1. The Morgan fingerprint density at radius 3 is 1.16 bits per heavy atom. The number of hydrogen-bond donors (Lipinski definition) is 3. The second-order valence-electron chi connectivity index (χ2n) is 18.6. The van der Waals surface area contributed by atoms with Crippen LogP contribution in [0.25, 0.3) is 0 Å². The number of nitrogens with one attached hydrogen (secondary N) is 1. The molecule has 0 aliphatic carbocycles. The van der Waals surface area contributed by atoms with Gasteiger partial charge in [0.1, 0.15) is 0 Å². The maximum absolute atomic E-state index is 12.4. The van der Waals surface area contributed by atoms with Crippen LogP contribution in [-0.2, 0) is 14.3 Å². The van der Waals surface area contributed by atoms with Gasteiger partial charge in [-0.15, -0.1) is 0 Å². The Bertz CT molecular complexity index is 951. The SMILES string of the molecule is CCCCCCCC/C=C\CCCCCCCC(=O)OCCCCCCCCCC/C=C\CCCCCCCCCC(=O)NC(CO)C(O)CCCCCCCCCCCC. The van der Waals surface area contributed by atoms with E-state index in [1.807, 2.05) is 0 Å². The zero-order valence-electron chi connectivity index (χ0n) is 40.9. The largest absolute Gasteiger partial charge is 0.466 e. The van der Waals surface area contributed by atoms with Crippen LogP contribution in [-0.4, -0.2) is 47.4 Å². The number of ether oxygens (including phenoxy) is 1. The monoisotopic (exact) mass is 860 g/mol. The fourth-order valence-corrected chi connectivity index (χ4v) is 8.28.